The minimum atomic E-state index is -0.152. The van der Waals surface area contributed by atoms with E-state index in [0.29, 0.717) is 0 Å². The molecule has 17 heavy (non-hydrogen) atoms. The fourth-order valence-corrected chi connectivity index (χ4v) is 2.18. The van der Waals surface area contributed by atoms with Gasteiger partial charge in [-0.1, -0.05) is 34.8 Å². The molecule has 0 atom stereocenters. The Morgan fingerprint density at radius 1 is 1.18 bits per heavy atom. The Balaban J connectivity index is 2.14. The van der Waals surface area contributed by atoms with Gasteiger partial charge in [0, 0.05) is 11.9 Å². The van der Waals surface area contributed by atoms with Crippen LogP contribution in [0, 0.1) is 12.7 Å². The molecule has 0 aliphatic rings. The molecular formula is C14H21BrFN. The van der Waals surface area contributed by atoms with Crippen LogP contribution < -0.4 is 5.32 Å². The Hall–Kier alpha value is -0.410. The number of aryl methyl sites for hydroxylation is 1. The van der Waals surface area contributed by atoms with E-state index in [0.717, 1.165) is 24.0 Å². The first-order valence-corrected chi connectivity index (χ1v) is 7.38. The quantitative estimate of drug-likeness (QED) is 0.561. The fraction of sp³-hybridized carbons (Fsp3) is 0.571. The van der Waals surface area contributed by atoms with E-state index in [9.17, 15) is 4.39 Å². The molecule has 0 unspecified atom stereocenters. The summed E-state index contributed by atoms with van der Waals surface area (Å²) in [5, 5.41) is 4.51. The van der Waals surface area contributed by atoms with Crippen molar-refractivity contribution in [3.8, 4) is 0 Å². The Kier molecular flexibility index (Phi) is 7.45. The largest absolute Gasteiger partial charge is 0.313 e. The molecule has 0 heterocycles. The molecule has 1 N–H and O–H groups in total. The minimum absolute atomic E-state index is 0.152. The third-order valence-electron chi connectivity index (χ3n) is 2.86. The van der Waals surface area contributed by atoms with Crippen LogP contribution in [0.1, 0.15) is 36.8 Å². The number of halogens is 2. The minimum Gasteiger partial charge on any atom is -0.313 e. The van der Waals surface area contributed by atoms with E-state index in [2.05, 4.69) is 21.2 Å². The highest BCUT2D eigenvalue weighted by atomic mass is 79.9. The van der Waals surface area contributed by atoms with E-state index < -0.39 is 0 Å². The zero-order chi connectivity index (χ0) is 12.5. The summed E-state index contributed by atoms with van der Waals surface area (Å²) in [6.07, 6.45) is 5.05. The molecule has 96 valence electrons. The maximum absolute atomic E-state index is 12.9. The first-order chi connectivity index (χ1) is 8.24. The van der Waals surface area contributed by atoms with Crippen LogP contribution >= 0.6 is 15.9 Å². The zero-order valence-corrected chi connectivity index (χ0v) is 12.0. The van der Waals surface area contributed by atoms with Crippen molar-refractivity contribution in [2.45, 2.75) is 39.2 Å². The van der Waals surface area contributed by atoms with Gasteiger partial charge in [-0.3, -0.25) is 0 Å². The van der Waals surface area contributed by atoms with Crippen LogP contribution in [0.3, 0.4) is 0 Å². The lowest BCUT2D eigenvalue weighted by Crippen LogP contribution is -2.15. The van der Waals surface area contributed by atoms with Gasteiger partial charge in [0.05, 0.1) is 0 Å². The third-order valence-corrected chi connectivity index (χ3v) is 3.42. The normalized spacial score (nSPS) is 10.8. The molecule has 0 aliphatic heterocycles. The first kappa shape index (κ1) is 14.7. The molecule has 0 saturated heterocycles. The van der Waals surface area contributed by atoms with Crippen molar-refractivity contribution in [3.63, 3.8) is 0 Å². The maximum Gasteiger partial charge on any atom is 0.123 e. The summed E-state index contributed by atoms with van der Waals surface area (Å²) in [5.74, 6) is -0.152. The highest BCUT2D eigenvalue weighted by Gasteiger charge is 1.99. The maximum atomic E-state index is 12.9. The molecule has 0 spiro atoms. The average molecular weight is 302 g/mol. The number of alkyl halides is 1. The molecule has 0 aromatic heterocycles. The second kappa shape index (κ2) is 8.65. The van der Waals surface area contributed by atoms with Gasteiger partial charge in [0.1, 0.15) is 5.82 Å². The molecule has 0 fully saturated rings. The summed E-state index contributed by atoms with van der Waals surface area (Å²) in [6.45, 7) is 3.83. The van der Waals surface area contributed by atoms with Gasteiger partial charge in [-0.15, -0.1) is 0 Å². The molecule has 0 radical (unpaired) electrons. The van der Waals surface area contributed by atoms with Crippen LogP contribution in [0.25, 0.3) is 0 Å². The standard InChI is InChI=1S/C14H21BrFN/c1-12-10-14(16)7-6-13(12)11-17-9-5-3-2-4-8-15/h6-7,10,17H,2-5,8-9,11H2,1H3. The van der Waals surface area contributed by atoms with Gasteiger partial charge in [-0.05, 0) is 49.6 Å². The van der Waals surface area contributed by atoms with Crippen LogP contribution in [0.4, 0.5) is 4.39 Å². The number of nitrogens with one attached hydrogen (secondary N) is 1. The van der Waals surface area contributed by atoms with Gasteiger partial charge in [0.15, 0.2) is 0 Å². The average Bonchev–Trinajstić information content (AvgIpc) is 2.30. The van der Waals surface area contributed by atoms with Gasteiger partial charge < -0.3 is 5.32 Å². The highest BCUT2D eigenvalue weighted by molar-refractivity contribution is 9.09. The zero-order valence-electron chi connectivity index (χ0n) is 10.4. The molecule has 0 bridgehead atoms. The number of hydrogen-bond acceptors (Lipinski definition) is 1. The Bertz CT molecular complexity index is 328. The molecular weight excluding hydrogens is 281 g/mol. The first-order valence-electron chi connectivity index (χ1n) is 6.25. The topological polar surface area (TPSA) is 12.0 Å². The molecule has 1 rings (SSSR count). The monoisotopic (exact) mass is 301 g/mol. The summed E-state index contributed by atoms with van der Waals surface area (Å²) in [7, 11) is 0. The second-order valence-corrected chi connectivity index (χ2v) is 5.14. The van der Waals surface area contributed by atoms with Crippen molar-refractivity contribution in [2.24, 2.45) is 0 Å². The van der Waals surface area contributed by atoms with E-state index in [1.165, 1.54) is 37.3 Å². The molecule has 1 nitrogen and oxygen atoms in total. The number of benzene rings is 1. The number of unbranched alkanes of at least 4 members (excludes halogenated alkanes) is 3. The lowest BCUT2D eigenvalue weighted by Gasteiger charge is -2.07. The van der Waals surface area contributed by atoms with Crippen LogP contribution in [0.2, 0.25) is 0 Å². The molecule has 0 amide bonds. The van der Waals surface area contributed by atoms with Crippen LogP contribution in [0.15, 0.2) is 18.2 Å². The van der Waals surface area contributed by atoms with Crippen LogP contribution in [-0.2, 0) is 6.54 Å². The molecule has 0 saturated carbocycles. The fourth-order valence-electron chi connectivity index (χ4n) is 1.78. The van der Waals surface area contributed by atoms with Crippen LogP contribution in [0.5, 0.6) is 0 Å². The lowest BCUT2D eigenvalue weighted by molar-refractivity contribution is 0.596. The van der Waals surface area contributed by atoms with E-state index in [-0.39, 0.29) is 5.82 Å². The number of hydrogen-bond donors (Lipinski definition) is 1. The van der Waals surface area contributed by atoms with Gasteiger partial charge in [-0.25, -0.2) is 4.39 Å². The van der Waals surface area contributed by atoms with E-state index in [1.807, 2.05) is 13.0 Å². The van der Waals surface area contributed by atoms with Crippen LogP contribution in [-0.4, -0.2) is 11.9 Å². The lowest BCUT2D eigenvalue weighted by atomic mass is 10.1. The molecule has 3 heteroatoms. The van der Waals surface area contributed by atoms with Crippen molar-refractivity contribution >= 4 is 15.9 Å². The number of rotatable bonds is 8. The van der Waals surface area contributed by atoms with Gasteiger partial charge in [0.25, 0.3) is 0 Å². The molecule has 1 aromatic carbocycles. The molecule has 0 aliphatic carbocycles. The summed E-state index contributed by atoms with van der Waals surface area (Å²) in [4.78, 5) is 0. The molecule has 1 aromatic rings. The summed E-state index contributed by atoms with van der Waals surface area (Å²) < 4.78 is 12.9. The summed E-state index contributed by atoms with van der Waals surface area (Å²) >= 11 is 3.43. The van der Waals surface area contributed by atoms with Crippen molar-refractivity contribution in [1.29, 1.82) is 0 Å². The third kappa shape index (κ3) is 6.18. The van der Waals surface area contributed by atoms with Gasteiger partial charge >= 0.3 is 0 Å². The van der Waals surface area contributed by atoms with Gasteiger partial charge in [0.2, 0.25) is 0 Å². The Morgan fingerprint density at radius 3 is 2.65 bits per heavy atom. The van der Waals surface area contributed by atoms with Crippen molar-refractivity contribution in [3.05, 3.63) is 35.1 Å². The van der Waals surface area contributed by atoms with Gasteiger partial charge in [-0.2, -0.15) is 0 Å². The van der Waals surface area contributed by atoms with E-state index in [4.69, 9.17) is 0 Å². The smallest absolute Gasteiger partial charge is 0.123 e. The second-order valence-electron chi connectivity index (χ2n) is 4.35. The van der Waals surface area contributed by atoms with Crippen molar-refractivity contribution in [2.75, 3.05) is 11.9 Å². The predicted molar refractivity (Wildman–Crippen MR) is 75.1 cm³/mol. The summed E-state index contributed by atoms with van der Waals surface area (Å²) in [5.41, 5.74) is 2.21. The van der Waals surface area contributed by atoms with Crippen molar-refractivity contribution < 1.29 is 4.39 Å². The highest BCUT2D eigenvalue weighted by Crippen LogP contribution is 2.09. The van der Waals surface area contributed by atoms with Crippen molar-refractivity contribution in [1.82, 2.24) is 5.32 Å². The summed E-state index contributed by atoms with van der Waals surface area (Å²) in [6, 6.07) is 4.98. The predicted octanol–water partition coefficient (Wildman–Crippen LogP) is 4.18. The Labute approximate surface area is 112 Å². The van der Waals surface area contributed by atoms with E-state index >= 15 is 0 Å². The SMILES string of the molecule is Cc1cc(F)ccc1CNCCCCCCBr. The Morgan fingerprint density at radius 2 is 1.94 bits per heavy atom. The van der Waals surface area contributed by atoms with E-state index in [1.54, 1.807) is 6.07 Å².